The highest BCUT2D eigenvalue weighted by Crippen LogP contribution is 2.37. The Hall–Kier alpha value is -3.34. The number of rotatable bonds is 5. The standard InChI is InChI=1S/C24H20ClN3O5S2/c1-2-27-19-12-9-16(13-22(19)34-24(27)30)26-23(29)21-14-28(18-5-3-4-6-20(18)33-21)35(31,32)17-10-7-15(25)8-11-17/h3-13,21H,2,14H2,1H3,(H,26,29). The number of aromatic nitrogens is 1. The number of nitrogens with zero attached hydrogens (tertiary/aromatic N) is 2. The van der Waals surface area contributed by atoms with Crippen LogP contribution in [0.5, 0.6) is 5.75 Å². The van der Waals surface area contributed by atoms with Crippen molar-refractivity contribution in [1.82, 2.24) is 4.57 Å². The Morgan fingerprint density at radius 2 is 1.89 bits per heavy atom. The van der Waals surface area contributed by atoms with Gasteiger partial charge in [0.2, 0.25) is 0 Å². The first kappa shape index (κ1) is 23.4. The Labute approximate surface area is 210 Å². The molecule has 0 radical (unpaired) electrons. The maximum absolute atomic E-state index is 13.5. The van der Waals surface area contributed by atoms with Gasteiger partial charge in [0.1, 0.15) is 5.75 Å². The Morgan fingerprint density at radius 1 is 1.14 bits per heavy atom. The minimum Gasteiger partial charge on any atom is -0.476 e. The molecule has 8 nitrogen and oxygen atoms in total. The summed E-state index contributed by atoms with van der Waals surface area (Å²) < 4.78 is 36.4. The third-order valence-electron chi connectivity index (χ3n) is 5.68. The van der Waals surface area contributed by atoms with Gasteiger partial charge in [-0.15, -0.1) is 0 Å². The summed E-state index contributed by atoms with van der Waals surface area (Å²) in [5, 5.41) is 3.21. The molecule has 1 unspecified atom stereocenters. The highest BCUT2D eigenvalue weighted by atomic mass is 35.5. The molecule has 2 heterocycles. The van der Waals surface area contributed by atoms with Gasteiger partial charge in [-0.25, -0.2) is 8.42 Å². The molecule has 1 aliphatic rings. The minimum atomic E-state index is -3.99. The van der Waals surface area contributed by atoms with Crippen LogP contribution in [0.1, 0.15) is 6.92 Å². The van der Waals surface area contributed by atoms with E-state index in [1.165, 1.54) is 28.6 Å². The van der Waals surface area contributed by atoms with Gasteiger partial charge in [0.15, 0.2) is 6.10 Å². The number of anilines is 2. The second-order valence-corrected chi connectivity index (χ2v) is 11.1. The minimum absolute atomic E-state index is 0.0542. The molecule has 0 spiro atoms. The summed E-state index contributed by atoms with van der Waals surface area (Å²) in [5.74, 6) is -0.220. The zero-order chi connectivity index (χ0) is 24.7. The Kier molecular flexibility index (Phi) is 6.04. The lowest BCUT2D eigenvalue weighted by Gasteiger charge is -2.34. The lowest BCUT2D eigenvalue weighted by Crippen LogP contribution is -2.48. The van der Waals surface area contributed by atoms with E-state index in [1.54, 1.807) is 47.0 Å². The van der Waals surface area contributed by atoms with E-state index < -0.39 is 22.0 Å². The smallest absolute Gasteiger partial charge is 0.308 e. The fourth-order valence-corrected chi connectivity index (χ4v) is 6.56. The zero-order valence-electron chi connectivity index (χ0n) is 18.5. The number of thiazole rings is 1. The zero-order valence-corrected chi connectivity index (χ0v) is 20.9. The largest absolute Gasteiger partial charge is 0.476 e. The average molecular weight is 530 g/mol. The summed E-state index contributed by atoms with van der Waals surface area (Å²) in [5.41, 5.74) is 1.63. The first-order valence-electron chi connectivity index (χ1n) is 10.8. The van der Waals surface area contributed by atoms with Crippen molar-refractivity contribution in [1.29, 1.82) is 0 Å². The predicted molar refractivity (Wildman–Crippen MR) is 137 cm³/mol. The summed E-state index contributed by atoms with van der Waals surface area (Å²) in [6.45, 7) is 2.23. The normalized spacial score (nSPS) is 15.5. The molecular formula is C24H20ClN3O5S2. The third kappa shape index (κ3) is 4.29. The Morgan fingerprint density at radius 3 is 2.63 bits per heavy atom. The van der Waals surface area contributed by atoms with Crippen LogP contribution in [0.3, 0.4) is 0 Å². The van der Waals surface area contributed by atoms with Crippen molar-refractivity contribution in [3.05, 3.63) is 81.4 Å². The van der Waals surface area contributed by atoms with E-state index in [4.69, 9.17) is 16.3 Å². The quantitative estimate of drug-likeness (QED) is 0.415. The molecule has 0 aliphatic carbocycles. The summed E-state index contributed by atoms with van der Waals surface area (Å²) in [7, 11) is -3.99. The maximum Gasteiger partial charge on any atom is 0.308 e. The number of carbonyl (C=O) groups is 1. The molecule has 1 amide bonds. The number of ether oxygens (including phenoxy) is 1. The van der Waals surface area contributed by atoms with Gasteiger partial charge in [0.25, 0.3) is 15.9 Å². The van der Waals surface area contributed by atoms with E-state index in [1.807, 2.05) is 6.92 Å². The number of aryl methyl sites for hydroxylation is 1. The van der Waals surface area contributed by atoms with E-state index in [-0.39, 0.29) is 22.1 Å². The van der Waals surface area contributed by atoms with Crippen molar-refractivity contribution in [2.24, 2.45) is 0 Å². The van der Waals surface area contributed by atoms with E-state index in [2.05, 4.69) is 5.32 Å². The van der Waals surface area contributed by atoms with Crippen molar-refractivity contribution in [2.75, 3.05) is 16.2 Å². The number of amides is 1. The molecule has 1 aromatic heterocycles. The van der Waals surface area contributed by atoms with Gasteiger partial charge in [-0.1, -0.05) is 35.1 Å². The second kappa shape index (κ2) is 9.03. The van der Waals surface area contributed by atoms with Crippen LogP contribution in [-0.2, 0) is 21.4 Å². The molecule has 3 aromatic carbocycles. The molecule has 180 valence electrons. The topological polar surface area (TPSA) is 97.7 Å². The summed E-state index contributed by atoms with van der Waals surface area (Å²) in [4.78, 5) is 25.3. The number of hydrogen-bond donors (Lipinski definition) is 1. The van der Waals surface area contributed by atoms with Crippen LogP contribution in [0.4, 0.5) is 11.4 Å². The number of fused-ring (bicyclic) bond motifs is 2. The second-order valence-electron chi connectivity index (χ2n) is 7.85. The van der Waals surface area contributed by atoms with Crippen LogP contribution < -0.4 is 19.2 Å². The van der Waals surface area contributed by atoms with E-state index in [0.717, 1.165) is 21.6 Å². The van der Waals surface area contributed by atoms with Gasteiger partial charge in [-0.2, -0.15) is 0 Å². The monoisotopic (exact) mass is 529 g/mol. The summed E-state index contributed by atoms with van der Waals surface area (Å²) in [6.07, 6.45) is -1.10. The molecule has 0 bridgehead atoms. The van der Waals surface area contributed by atoms with Gasteiger partial charge in [0.05, 0.1) is 27.3 Å². The van der Waals surface area contributed by atoms with Crippen LogP contribution in [-0.4, -0.2) is 31.5 Å². The van der Waals surface area contributed by atoms with Crippen LogP contribution in [0.15, 0.2) is 76.4 Å². The first-order valence-corrected chi connectivity index (χ1v) is 13.4. The fourth-order valence-electron chi connectivity index (χ4n) is 3.97. The van der Waals surface area contributed by atoms with Gasteiger partial charge >= 0.3 is 4.87 Å². The fraction of sp³-hybridized carbons (Fsp3) is 0.167. The summed E-state index contributed by atoms with van der Waals surface area (Å²) in [6, 6.07) is 17.7. The molecule has 1 N–H and O–H groups in total. The average Bonchev–Trinajstić information content (AvgIpc) is 3.17. The summed E-state index contributed by atoms with van der Waals surface area (Å²) >= 11 is 7.03. The van der Waals surface area contributed by atoms with Crippen molar-refractivity contribution in [3.63, 3.8) is 0 Å². The van der Waals surface area contributed by atoms with Crippen molar-refractivity contribution >= 4 is 60.5 Å². The number of nitrogens with one attached hydrogen (secondary N) is 1. The highest BCUT2D eigenvalue weighted by molar-refractivity contribution is 7.92. The maximum atomic E-state index is 13.5. The molecule has 0 fully saturated rings. The number of benzene rings is 3. The van der Waals surface area contributed by atoms with Crippen molar-refractivity contribution < 1.29 is 17.9 Å². The molecule has 0 saturated heterocycles. The Balaban J connectivity index is 1.45. The number of halogens is 1. The van der Waals surface area contributed by atoms with Gasteiger partial charge in [0, 0.05) is 17.3 Å². The molecule has 4 aromatic rings. The van der Waals surface area contributed by atoms with Crippen LogP contribution in [0.25, 0.3) is 10.2 Å². The van der Waals surface area contributed by atoms with Crippen LogP contribution in [0, 0.1) is 0 Å². The molecule has 1 atom stereocenters. The van der Waals surface area contributed by atoms with Crippen LogP contribution in [0.2, 0.25) is 5.02 Å². The number of para-hydroxylation sites is 2. The van der Waals surface area contributed by atoms with E-state index >= 15 is 0 Å². The van der Waals surface area contributed by atoms with Gasteiger partial charge in [-0.05, 0) is 61.5 Å². The van der Waals surface area contributed by atoms with Crippen LogP contribution >= 0.6 is 22.9 Å². The number of sulfonamides is 1. The molecule has 0 saturated carbocycles. The predicted octanol–water partition coefficient (Wildman–Crippen LogP) is 4.33. The third-order valence-corrected chi connectivity index (χ3v) is 8.67. The van der Waals surface area contributed by atoms with Crippen molar-refractivity contribution in [3.8, 4) is 5.75 Å². The van der Waals surface area contributed by atoms with E-state index in [0.29, 0.717) is 22.9 Å². The molecule has 35 heavy (non-hydrogen) atoms. The van der Waals surface area contributed by atoms with Gasteiger partial charge < -0.3 is 10.1 Å². The molecule has 5 rings (SSSR count). The Bertz CT molecular complexity index is 1600. The van der Waals surface area contributed by atoms with Crippen molar-refractivity contribution in [2.45, 2.75) is 24.5 Å². The highest BCUT2D eigenvalue weighted by Gasteiger charge is 2.37. The number of hydrogen-bond acceptors (Lipinski definition) is 6. The lowest BCUT2D eigenvalue weighted by molar-refractivity contribution is -0.122. The first-order chi connectivity index (χ1) is 16.8. The molecular weight excluding hydrogens is 510 g/mol. The SMILES string of the molecule is CCn1c(=O)sc2cc(NC(=O)C3CN(S(=O)(=O)c4ccc(Cl)cc4)c4ccccc4O3)ccc21. The number of carbonyl (C=O) groups excluding carboxylic acids is 1. The van der Waals surface area contributed by atoms with E-state index in [9.17, 15) is 18.0 Å². The molecule has 1 aliphatic heterocycles. The van der Waals surface area contributed by atoms with Gasteiger partial charge in [-0.3, -0.25) is 18.5 Å². The lowest BCUT2D eigenvalue weighted by atomic mass is 10.2. The molecule has 11 heteroatoms.